The largest absolute Gasteiger partial charge is 0.481 e. The molecule has 21 heavy (non-hydrogen) atoms. The molecule has 0 aromatic rings. The highest BCUT2D eigenvalue weighted by Crippen LogP contribution is 2.33. The Morgan fingerprint density at radius 3 is 2.33 bits per heavy atom. The summed E-state index contributed by atoms with van der Waals surface area (Å²) in [6, 6.07) is 0. The lowest BCUT2D eigenvalue weighted by Crippen LogP contribution is -2.49. The van der Waals surface area contributed by atoms with Crippen molar-refractivity contribution in [2.75, 3.05) is 32.8 Å². The van der Waals surface area contributed by atoms with Gasteiger partial charge in [0.1, 0.15) is 0 Å². The summed E-state index contributed by atoms with van der Waals surface area (Å²) in [5.74, 6) is -1.03. The summed E-state index contributed by atoms with van der Waals surface area (Å²) in [4.78, 5) is 13.2. The molecule has 2 aliphatic rings. The van der Waals surface area contributed by atoms with Gasteiger partial charge < -0.3 is 25.0 Å². The normalized spacial score (nSPS) is 32.2. The van der Waals surface area contributed by atoms with Crippen LogP contribution in [0.15, 0.2) is 0 Å². The minimum absolute atomic E-state index is 0.0602. The van der Waals surface area contributed by atoms with Crippen LogP contribution in [0.4, 0.5) is 0 Å². The van der Waals surface area contributed by atoms with Crippen LogP contribution in [0, 0.1) is 5.92 Å². The second-order valence-electron chi connectivity index (χ2n) is 6.41. The summed E-state index contributed by atoms with van der Waals surface area (Å²) >= 11 is 0. The number of aliphatic hydroxyl groups is 2. The van der Waals surface area contributed by atoms with Crippen LogP contribution in [0.3, 0.4) is 0 Å². The summed E-state index contributed by atoms with van der Waals surface area (Å²) in [6.45, 7) is 2.86. The van der Waals surface area contributed by atoms with Gasteiger partial charge in [-0.3, -0.25) is 4.79 Å². The summed E-state index contributed by atoms with van der Waals surface area (Å²) in [7, 11) is 0. The van der Waals surface area contributed by atoms with Gasteiger partial charge in [-0.05, 0) is 38.5 Å². The van der Waals surface area contributed by atoms with Crippen LogP contribution in [-0.2, 0) is 9.53 Å². The number of aliphatic hydroxyl groups excluding tert-OH is 1. The number of piperidine rings is 1. The number of β-amino-alcohol motifs (C(OH)–C–C–N with tert-alkyl or cyclic N) is 1. The number of hydrogen-bond acceptors (Lipinski definition) is 5. The van der Waals surface area contributed by atoms with Crippen molar-refractivity contribution in [3.05, 3.63) is 0 Å². The third kappa shape index (κ3) is 4.92. The van der Waals surface area contributed by atoms with Gasteiger partial charge in [-0.25, -0.2) is 0 Å². The molecule has 2 rings (SSSR count). The van der Waals surface area contributed by atoms with E-state index in [0.717, 1.165) is 25.9 Å². The van der Waals surface area contributed by atoms with Gasteiger partial charge in [0.15, 0.2) is 0 Å². The van der Waals surface area contributed by atoms with Gasteiger partial charge in [0.05, 0.1) is 30.8 Å². The topological polar surface area (TPSA) is 90.2 Å². The van der Waals surface area contributed by atoms with Crippen molar-refractivity contribution >= 4 is 5.97 Å². The number of hydrogen-bond donors (Lipinski definition) is 3. The maximum Gasteiger partial charge on any atom is 0.306 e. The molecule has 1 aliphatic carbocycles. The third-order valence-corrected chi connectivity index (χ3v) is 4.76. The highest BCUT2D eigenvalue weighted by Gasteiger charge is 2.37. The van der Waals surface area contributed by atoms with E-state index in [0.29, 0.717) is 38.8 Å². The van der Waals surface area contributed by atoms with Crippen LogP contribution in [-0.4, -0.2) is 70.7 Å². The summed E-state index contributed by atoms with van der Waals surface area (Å²) < 4.78 is 5.53. The fourth-order valence-electron chi connectivity index (χ4n) is 3.43. The molecule has 0 aromatic carbocycles. The molecule has 2 fully saturated rings. The van der Waals surface area contributed by atoms with E-state index in [2.05, 4.69) is 4.90 Å². The number of rotatable bonds is 6. The first-order valence-corrected chi connectivity index (χ1v) is 7.92. The molecule has 122 valence electrons. The molecule has 0 unspecified atom stereocenters. The molecule has 0 radical (unpaired) electrons. The van der Waals surface area contributed by atoms with Crippen molar-refractivity contribution < 1.29 is 24.9 Å². The number of carboxylic acid groups (broad SMARTS) is 1. The van der Waals surface area contributed by atoms with Crippen molar-refractivity contribution in [3.63, 3.8) is 0 Å². The molecular weight excluding hydrogens is 274 g/mol. The second-order valence-corrected chi connectivity index (χ2v) is 6.41. The first-order valence-electron chi connectivity index (χ1n) is 7.92. The number of carbonyl (C=O) groups is 1. The molecule has 0 spiro atoms. The zero-order valence-electron chi connectivity index (χ0n) is 12.5. The molecule has 1 saturated carbocycles. The second kappa shape index (κ2) is 7.54. The van der Waals surface area contributed by atoms with Crippen LogP contribution in [0.2, 0.25) is 0 Å². The molecule has 1 aliphatic heterocycles. The zero-order chi connectivity index (χ0) is 15.3. The van der Waals surface area contributed by atoms with Crippen LogP contribution >= 0.6 is 0 Å². The Morgan fingerprint density at radius 2 is 1.81 bits per heavy atom. The number of likely N-dealkylation sites (tertiary alicyclic amines) is 1. The highest BCUT2D eigenvalue weighted by molar-refractivity contribution is 5.70. The number of nitrogens with zero attached hydrogens (tertiary/aromatic N) is 1. The first-order chi connectivity index (χ1) is 10.0. The van der Waals surface area contributed by atoms with Crippen LogP contribution in [0.5, 0.6) is 0 Å². The number of carboxylic acids is 1. The summed E-state index contributed by atoms with van der Waals surface area (Å²) in [5.41, 5.74) is -0.731. The van der Waals surface area contributed by atoms with Gasteiger partial charge in [0.2, 0.25) is 0 Å². The molecule has 6 nitrogen and oxygen atoms in total. The van der Waals surface area contributed by atoms with E-state index in [1.165, 1.54) is 0 Å². The van der Waals surface area contributed by atoms with Gasteiger partial charge in [0.25, 0.3) is 0 Å². The lowest BCUT2D eigenvalue weighted by atomic mass is 9.78. The van der Waals surface area contributed by atoms with Crippen LogP contribution < -0.4 is 0 Å². The predicted molar refractivity (Wildman–Crippen MR) is 77.0 cm³/mol. The zero-order valence-corrected chi connectivity index (χ0v) is 12.5. The Morgan fingerprint density at radius 1 is 1.19 bits per heavy atom. The Balaban J connectivity index is 1.72. The van der Waals surface area contributed by atoms with Crippen molar-refractivity contribution in [2.24, 2.45) is 5.92 Å². The van der Waals surface area contributed by atoms with Crippen molar-refractivity contribution in [2.45, 2.75) is 50.2 Å². The fourth-order valence-corrected chi connectivity index (χ4v) is 3.43. The van der Waals surface area contributed by atoms with E-state index in [4.69, 9.17) is 14.9 Å². The van der Waals surface area contributed by atoms with E-state index in [1.54, 1.807) is 0 Å². The maximum atomic E-state index is 11.0. The minimum Gasteiger partial charge on any atom is -0.481 e. The van der Waals surface area contributed by atoms with Crippen molar-refractivity contribution in [3.8, 4) is 0 Å². The summed E-state index contributed by atoms with van der Waals surface area (Å²) in [6.07, 6.45) is 4.35. The molecule has 1 saturated heterocycles. The molecule has 1 heterocycles. The van der Waals surface area contributed by atoms with E-state index in [9.17, 15) is 9.90 Å². The highest BCUT2D eigenvalue weighted by atomic mass is 16.5. The maximum absolute atomic E-state index is 11.0. The Hall–Kier alpha value is -0.690. The fraction of sp³-hybridized carbons (Fsp3) is 0.933. The number of ether oxygens (including phenoxy) is 1. The van der Waals surface area contributed by atoms with E-state index in [-0.39, 0.29) is 18.6 Å². The molecule has 0 atom stereocenters. The van der Waals surface area contributed by atoms with E-state index >= 15 is 0 Å². The average Bonchev–Trinajstić information content (AvgIpc) is 2.47. The quantitative estimate of drug-likeness (QED) is 0.660. The Kier molecular flexibility index (Phi) is 5.98. The SMILES string of the molecule is O=C(O)C1CCC(O)(CN2CCC(OCCO)CC2)CC1. The van der Waals surface area contributed by atoms with Gasteiger partial charge in [-0.15, -0.1) is 0 Å². The summed E-state index contributed by atoms with van der Waals surface area (Å²) in [5, 5.41) is 28.4. The molecule has 0 bridgehead atoms. The standard InChI is InChI=1S/C15H27NO5/c17-9-10-21-13-3-7-16(8-4-13)11-15(20)5-1-12(2-6-15)14(18)19/h12-13,17,20H,1-11H2,(H,18,19). The van der Waals surface area contributed by atoms with Crippen LogP contribution in [0.1, 0.15) is 38.5 Å². The van der Waals surface area contributed by atoms with Gasteiger partial charge in [-0.1, -0.05) is 0 Å². The van der Waals surface area contributed by atoms with Crippen LogP contribution in [0.25, 0.3) is 0 Å². The molecule has 0 amide bonds. The third-order valence-electron chi connectivity index (χ3n) is 4.76. The minimum atomic E-state index is -0.737. The van der Waals surface area contributed by atoms with Gasteiger partial charge in [-0.2, -0.15) is 0 Å². The Labute approximate surface area is 125 Å². The monoisotopic (exact) mass is 301 g/mol. The average molecular weight is 301 g/mol. The molecule has 0 aromatic heterocycles. The van der Waals surface area contributed by atoms with E-state index in [1.807, 2.05) is 0 Å². The lowest BCUT2D eigenvalue weighted by molar-refractivity contribution is -0.145. The van der Waals surface area contributed by atoms with Gasteiger partial charge in [0, 0.05) is 19.6 Å². The molecule has 3 N–H and O–H groups in total. The predicted octanol–water partition coefficient (Wildman–Crippen LogP) is 0.466. The first kappa shape index (κ1) is 16.7. The van der Waals surface area contributed by atoms with E-state index < -0.39 is 11.6 Å². The van der Waals surface area contributed by atoms with Gasteiger partial charge >= 0.3 is 5.97 Å². The smallest absolute Gasteiger partial charge is 0.306 e. The number of aliphatic carboxylic acids is 1. The van der Waals surface area contributed by atoms with Crippen molar-refractivity contribution in [1.82, 2.24) is 4.90 Å². The molecular formula is C15H27NO5. The lowest BCUT2D eigenvalue weighted by Gasteiger charge is -2.41. The van der Waals surface area contributed by atoms with Crippen molar-refractivity contribution in [1.29, 1.82) is 0 Å². The Bertz CT molecular complexity index is 333. The molecule has 6 heteroatoms.